The van der Waals surface area contributed by atoms with Gasteiger partial charge in [-0.2, -0.15) is 19.6 Å². The lowest BCUT2D eigenvalue weighted by atomic mass is 9.78. The number of anilines is 1. The maximum absolute atomic E-state index is 5.99. The summed E-state index contributed by atoms with van der Waals surface area (Å²) < 4.78 is 12.8. The standard InChI is InChI=1S/C22H23N7O2/c1-14-5-6-18(31-14)20-27-21(23)26-19-15(8-24-29(19)20)7-16-3-2-4-17(25-16)9-28-10-22(11-28)12-30-13-22/h2-6,8H,7,9-13H2,1H3,(H2,23,26). The van der Waals surface area contributed by atoms with E-state index in [4.69, 9.17) is 19.9 Å². The van der Waals surface area contributed by atoms with Crippen molar-refractivity contribution in [1.29, 1.82) is 0 Å². The SMILES string of the molecule is Cc1ccc(-c2nc(N)nc3c(Cc4cccc(CN5CC6(COC6)C5)n4)cnn23)o1. The molecule has 2 N–H and O–H groups in total. The van der Waals surface area contributed by atoms with Gasteiger partial charge in [0.25, 0.3) is 0 Å². The third-order valence-corrected chi connectivity index (χ3v) is 5.98. The Morgan fingerprint density at radius 3 is 2.65 bits per heavy atom. The molecule has 9 heteroatoms. The van der Waals surface area contributed by atoms with E-state index in [-0.39, 0.29) is 5.95 Å². The molecule has 0 saturated carbocycles. The molecule has 0 aliphatic carbocycles. The molecule has 2 saturated heterocycles. The largest absolute Gasteiger partial charge is 0.458 e. The molecule has 31 heavy (non-hydrogen) atoms. The van der Waals surface area contributed by atoms with Crippen LogP contribution in [0.15, 0.2) is 40.9 Å². The zero-order valence-corrected chi connectivity index (χ0v) is 17.3. The Labute approximate surface area is 178 Å². The molecule has 0 radical (unpaired) electrons. The number of nitrogens with zero attached hydrogens (tertiary/aromatic N) is 6. The van der Waals surface area contributed by atoms with Gasteiger partial charge in [0.05, 0.1) is 25.1 Å². The molecule has 9 nitrogen and oxygen atoms in total. The van der Waals surface area contributed by atoms with Crippen molar-refractivity contribution < 1.29 is 9.15 Å². The lowest BCUT2D eigenvalue weighted by molar-refractivity contribution is -0.191. The second-order valence-corrected chi connectivity index (χ2v) is 8.66. The fraction of sp³-hybridized carbons (Fsp3) is 0.364. The van der Waals surface area contributed by atoms with Gasteiger partial charge in [-0.3, -0.25) is 9.88 Å². The van der Waals surface area contributed by atoms with Crippen LogP contribution >= 0.6 is 0 Å². The smallest absolute Gasteiger partial charge is 0.224 e. The fourth-order valence-corrected chi connectivity index (χ4v) is 4.51. The van der Waals surface area contributed by atoms with Crippen molar-refractivity contribution in [2.45, 2.75) is 19.9 Å². The highest BCUT2D eigenvalue weighted by Gasteiger charge is 2.48. The summed E-state index contributed by atoms with van der Waals surface area (Å²) in [4.78, 5) is 16.1. The minimum atomic E-state index is 0.187. The Morgan fingerprint density at radius 2 is 1.90 bits per heavy atom. The molecule has 0 amide bonds. The van der Waals surface area contributed by atoms with Crippen LogP contribution in [0.3, 0.4) is 0 Å². The van der Waals surface area contributed by atoms with Crippen molar-refractivity contribution in [2.24, 2.45) is 5.41 Å². The predicted octanol–water partition coefficient (Wildman–Crippen LogP) is 2.09. The van der Waals surface area contributed by atoms with E-state index in [1.54, 1.807) is 10.7 Å². The molecule has 2 fully saturated rings. The Bertz CT molecular complexity index is 1270. The van der Waals surface area contributed by atoms with Crippen LogP contribution in [0.1, 0.15) is 22.7 Å². The molecule has 158 valence electrons. The molecule has 0 unspecified atom stereocenters. The number of fused-ring (bicyclic) bond motifs is 1. The highest BCUT2D eigenvalue weighted by molar-refractivity contribution is 5.59. The first-order chi connectivity index (χ1) is 15.1. The summed E-state index contributed by atoms with van der Waals surface area (Å²) in [5.41, 5.74) is 10.1. The van der Waals surface area contributed by atoms with Gasteiger partial charge in [0.15, 0.2) is 11.4 Å². The van der Waals surface area contributed by atoms with Crippen molar-refractivity contribution in [2.75, 3.05) is 32.0 Å². The van der Waals surface area contributed by atoms with E-state index in [0.29, 0.717) is 29.1 Å². The van der Waals surface area contributed by atoms with E-state index in [0.717, 1.165) is 55.6 Å². The van der Waals surface area contributed by atoms with Crippen molar-refractivity contribution in [3.8, 4) is 11.6 Å². The summed E-state index contributed by atoms with van der Waals surface area (Å²) >= 11 is 0. The minimum Gasteiger partial charge on any atom is -0.458 e. The molecule has 6 heterocycles. The first-order valence-corrected chi connectivity index (χ1v) is 10.4. The first-order valence-electron chi connectivity index (χ1n) is 10.4. The van der Waals surface area contributed by atoms with Gasteiger partial charge in [0.2, 0.25) is 11.8 Å². The van der Waals surface area contributed by atoms with Crippen LogP contribution in [-0.4, -0.2) is 55.8 Å². The molecular formula is C22H23N7O2. The molecule has 2 aliphatic heterocycles. The number of rotatable bonds is 5. The number of aryl methyl sites for hydroxylation is 1. The topological polar surface area (TPSA) is 108 Å². The van der Waals surface area contributed by atoms with E-state index in [2.05, 4.69) is 32.1 Å². The van der Waals surface area contributed by atoms with Gasteiger partial charge in [-0.05, 0) is 31.2 Å². The van der Waals surface area contributed by atoms with E-state index >= 15 is 0 Å². The molecule has 6 rings (SSSR count). The van der Waals surface area contributed by atoms with Crippen LogP contribution < -0.4 is 5.73 Å². The van der Waals surface area contributed by atoms with Crippen LogP contribution in [0.25, 0.3) is 17.2 Å². The lowest BCUT2D eigenvalue weighted by Gasteiger charge is -2.55. The maximum Gasteiger partial charge on any atom is 0.224 e. The number of pyridine rings is 1. The second kappa shape index (κ2) is 6.86. The van der Waals surface area contributed by atoms with Gasteiger partial charge < -0.3 is 14.9 Å². The molecule has 0 atom stereocenters. The molecular weight excluding hydrogens is 394 g/mol. The summed E-state index contributed by atoms with van der Waals surface area (Å²) in [7, 11) is 0. The van der Waals surface area contributed by atoms with Crippen LogP contribution in [-0.2, 0) is 17.7 Å². The average Bonchev–Trinajstić information content (AvgIpc) is 3.29. The zero-order chi connectivity index (χ0) is 21.0. The highest BCUT2D eigenvalue weighted by atomic mass is 16.5. The van der Waals surface area contributed by atoms with E-state index in [1.165, 1.54) is 0 Å². The van der Waals surface area contributed by atoms with Gasteiger partial charge in [0, 0.05) is 42.7 Å². The number of hydrogen-bond donors (Lipinski definition) is 1. The number of furan rings is 1. The van der Waals surface area contributed by atoms with Crippen LogP contribution in [0.2, 0.25) is 0 Å². The normalized spacial score (nSPS) is 17.7. The summed E-state index contributed by atoms with van der Waals surface area (Å²) in [6.07, 6.45) is 2.41. The molecule has 2 aliphatic rings. The third kappa shape index (κ3) is 3.26. The monoisotopic (exact) mass is 417 g/mol. The second-order valence-electron chi connectivity index (χ2n) is 8.66. The van der Waals surface area contributed by atoms with Gasteiger partial charge >= 0.3 is 0 Å². The van der Waals surface area contributed by atoms with Crippen molar-refractivity contribution in [3.05, 3.63) is 59.2 Å². The summed E-state index contributed by atoms with van der Waals surface area (Å²) in [5, 5.41) is 4.49. The van der Waals surface area contributed by atoms with Crippen LogP contribution in [0.4, 0.5) is 5.95 Å². The van der Waals surface area contributed by atoms with E-state index in [9.17, 15) is 0 Å². The number of nitrogen functional groups attached to an aromatic ring is 1. The summed E-state index contributed by atoms with van der Waals surface area (Å²) in [6, 6.07) is 9.92. The minimum absolute atomic E-state index is 0.187. The predicted molar refractivity (Wildman–Crippen MR) is 113 cm³/mol. The first kappa shape index (κ1) is 18.5. The van der Waals surface area contributed by atoms with Gasteiger partial charge in [-0.1, -0.05) is 6.07 Å². The maximum atomic E-state index is 5.99. The average molecular weight is 417 g/mol. The van der Waals surface area contributed by atoms with Crippen molar-refractivity contribution in [3.63, 3.8) is 0 Å². The Morgan fingerprint density at radius 1 is 1.06 bits per heavy atom. The third-order valence-electron chi connectivity index (χ3n) is 5.98. The molecule has 1 spiro atoms. The number of likely N-dealkylation sites (tertiary alicyclic amines) is 1. The van der Waals surface area contributed by atoms with Crippen molar-refractivity contribution >= 4 is 11.6 Å². The van der Waals surface area contributed by atoms with Gasteiger partial charge in [-0.15, -0.1) is 0 Å². The highest BCUT2D eigenvalue weighted by Crippen LogP contribution is 2.38. The van der Waals surface area contributed by atoms with Gasteiger partial charge in [0.1, 0.15) is 5.76 Å². The Balaban J connectivity index is 1.25. The van der Waals surface area contributed by atoms with E-state index < -0.39 is 0 Å². The van der Waals surface area contributed by atoms with Crippen LogP contribution in [0, 0.1) is 12.3 Å². The molecule has 4 aromatic rings. The van der Waals surface area contributed by atoms with Crippen molar-refractivity contribution in [1.82, 2.24) is 29.5 Å². The lowest BCUT2D eigenvalue weighted by Crippen LogP contribution is -2.65. The van der Waals surface area contributed by atoms with Gasteiger partial charge in [-0.25, -0.2) is 0 Å². The van der Waals surface area contributed by atoms with Crippen LogP contribution in [0.5, 0.6) is 0 Å². The molecule has 4 aromatic heterocycles. The molecule has 0 bridgehead atoms. The summed E-state index contributed by atoms with van der Waals surface area (Å²) in [5.74, 6) is 2.13. The Kier molecular flexibility index (Phi) is 4.09. The summed E-state index contributed by atoms with van der Waals surface area (Å²) in [6.45, 7) is 6.74. The number of ether oxygens (including phenoxy) is 1. The quantitative estimate of drug-likeness (QED) is 0.526. The number of hydrogen-bond acceptors (Lipinski definition) is 8. The number of nitrogens with two attached hydrogens (primary N) is 1. The Hall–Kier alpha value is -3.30. The molecule has 0 aromatic carbocycles. The van der Waals surface area contributed by atoms with E-state index in [1.807, 2.05) is 25.1 Å². The zero-order valence-electron chi connectivity index (χ0n) is 17.3. The fourth-order valence-electron chi connectivity index (χ4n) is 4.51. The number of aromatic nitrogens is 5.